The molecule has 0 N–H and O–H groups in total. The molecule has 0 saturated carbocycles. The monoisotopic (exact) mass is 547 g/mol. The summed E-state index contributed by atoms with van der Waals surface area (Å²) in [5.41, 5.74) is 2.00. The Morgan fingerprint density at radius 3 is 2.23 bits per heavy atom. The first kappa shape index (κ1) is 27.0. The Balaban J connectivity index is 1.56. The lowest BCUT2D eigenvalue weighted by molar-refractivity contribution is -0.137. The molecule has 206 valence electrons. The standard InChI is InChI=1S/C30H28F3N5O2/c1-3-36-26-16-15-22(30(31,32)33)18-27(26)37(23-11-5-4-6-12-23)29(40)38(28(36)39)24-13-7-9-21(17-24)10-8-14-25-19-34-20-35(25)2/h4-7,9,11-13,15-20H,3,8,10,14H2,1-2H3. The van der Waals surface area contributed by atoms with Crippen LogP contribution >= 0.6 is 0 Å². The van der Waals surface area contributed by atoms with Gasteiger partial charge in [0.1, 0.15) is 0 Å². The number of alkyl halides is 3. The number of hydrogen-bond acceptors (Lipinski definition) is 3. The number of aryl methyl sites for hydroxylation is 3. The van der Waals surface area contributed by atoms with Crippen molar-refractivity contribution >= 4 is 34.8 Å². The molecular formula is C30H28F3N5O2. The van der Waals surface area contributed by atoms with Crippen molar-refractivity contribution < 1.29 is 22.8 Å². The number of rotatable bonds is 7. The normalized spacial score (nSPS) is 14.0. The van der Waals surface area contributed by atoms with Crippen molar-refractivity contribution in [2.24, 2.45) is 7.05 Å². The van der Waals surface area contributed by atoms with Crippen molar-refractivity contribution in [1.82, 2.24) is 9.55 Å². The second kappa shape index (κ2) is 10.9. The lowest BCUT2D eigenvalue weighted by Crippen LogP contribution is -2.48. The summed E-state index contributed by atoms with van der Waals surface area (Å²) in [5.74, 6) is 0. The number of fused-ring (bicyclic) bond motifs is 1. The van der Waals surface area contributed by atoms with E-state index in [9.17, 15) is 22.8 Å². The van der Waals surface area contributed by atoms with E-state index in [2.05, 4.69) is 4.98 Å². The molecule has 1 aliphatic heterocycles. The summed E-state index contributed by atoms with van der Waals surface area (Å²) in [7, 11) is 1.94. The highest BCUT2D eigenvalue weighted by Gasteiger charge is 2.41. The van der Waals surface area contributed by atoms with Crippen LogP contribution in [0, 0.1) is 0 Å². The van der Waals surface area contributed by atoms with E-state index in [1.54, 1.807) is 61.8 Å². The summed E-state index contributed by atoms with van der Waals surface area (Å²) < 4.78 is 43.2. The first-order chi connectivity index (χ1) is 19.2. The fraction of sp³-hybridized carbons (Fsp3) is 0.233. The smallest absolute Gasteiger partial charge is 0.338 e. The van der Waals surface area contributed by atoms with Crippen LogP contribution in [-0.2, 0) is 26.1 Å². The third-order valence-electron chi connectivity index (χ3n) is 6.95. The lowest BCUT2D eigenvalue weighted by atomic mass is 10.1. The number of imidazole rings is 1. The van der Waals surface area contributed by atoms with Gasteiger partial charge in [-0.25, -0.2) is 19.5 Å². The minimum Gasteiger partial charge on any atom is -0.338 e. The van der Waals surface area contributed by atoms with Crippen LogP contribution in [0.4, 0.5) is 45.5 Å². The average Bonchev–Trinajstić information content (AvgIpc) is 3.31. The van der Waals surface area contributed by atoms with Gasteiger partial charge in [0, 0.05) is 25.5 Å². The van der Waals surface area contributed by atoms with Crippen LogP contribution in [0.5, 0.6) is 0 Å². The second-order valence-corrected chi connectivity index (χ2v) is 9.54. The zero-order valence-corrected chi connectivity index (χ0v) is 22.1. The van der Waals surface area contributed by atoms with Crippen LogP contribution in [-0.4, -0.2) is 28.2 Å². The Hall–Kier alpha value is -4.60. The maximum Gasteiger partial charge on any atom is 0.416 e. The van der Waals surface area contributed by atoms with Gasteiger partial charge >= 0.3 is 18.2 Å². The molecule has 0 saturated heterocycles. The Morgan fingerprint density at radius 2 is 1.55 bits per heavy atom. The molecule has 5 rings (SSSR count). The molecule has 40 heavy (non-hydrogen) atoms. The number of hydrogen-bond donors (Lipinski definition) is 0. The molecule has 2 heterocycles. The number of urea groups is 2. The van der Waals surface area contributed by atoms with Crippen molar-refractivity contribution in [1.29, 1.82) is 0 Å². The summed E-state index contributed by atoms with van der Waals surface area (Å²) in [5, 5.41) is 0. The minimum atomic E-state index is -4.63. The Bertz CT molecular complexity index is 1530. The van der Waals surface area contributed by atoms with Gasteiger partial charge in [-0.3, -0.25) is 9.80 Å². The highest BCUT2D eigenvalue weighted by atomic mass is 19.4. The van der Waals surface area contributed by atoms with E-state index < -0.39 is 23.8 Å². The number of halogens is 3. The number of aromatic nitrogens is 2. The number of carbonyl (C=O) groups is 2. The van der Waals surface area contributed by atoms with Crippen LogP contribution in [0.3, 0.4) is 0 Å². The molecule has 1 aliphatic rings. The largest absolute Gasteiger partial charge is 0.416 e. The van der Waals surface area contributed by atoms with Crippen molar-refractivity contribution in [3.63, 3.8) is 0 Å². The van der Waals surface area contributed by atoms with Crippen molar-refractivity contribution in [2.75, 3.05) is 21.2 Å². The Labute approximate surface area is 230 Å². The van der Waals surface area contributed by atoms with E-state index in [0.29, 0.717) is 17.8 Å². The Morgan fingerprint density at radius 1 is 0.800 bits per heavy atom. The summed E-state index contributed by atoms with van der Waals surface area (Å²) >= 11 is 0. The molecule has 3 aromatic carbocycles. The Kier molecular flexibility index (Phi) is 7.34. The predicted octanol–water partition coefficient (Wildman–Crippen LogP) is 7.34. The summed E-state index contributed by atoms with van der Waals surface area (Å²) in [6.07, 6.45) is 1.28. The van der Waals surface area contributed by atoms with Crippen LogP contribution in [0.25, 0.3) is 0 Å². The number of benzene rings is 3. The molecule has 0 fully saturated rings. The molecule has 7 nitrogen and oxygen atoms in total. The van der Waals surface area contributed by atoms with E-state index in [4.69, 9.17) is 0 Å². The third-order valence-corrected chi connectivity index (χ3v) is 6.95. The van der Waals surface area contributed by atoms with Gasteiger partial charge in [-0.1, -0.05) is 30.3 Å². The molecular weight excluding hydrogens is 519 g/mol. The summed E-state index contributed by atoms with van der Waals surface area (Å²) in [4.78, 5) is 35.7. The summed E-state index contributed by atoms with van der Waals surface area (Å²) in [6.45, 7) is 1.86. The fourth-order valence-corrected chi connectivity index (χ4v) is 4.92. The number of amides is 4. The molecule has 0 bridgehead atoms. The molecule has 0 aliphatic carbocycles. The maximum absolute atomic E-state index is 14.2. The molecule has 4 aromatic rings. The average molecular weight is 548 g/mol. The second-order valence-electron chi connectivity index (χ2n) is 9.54. The number of carbonyl (C=O) groups excluding carboxylic acids is 2. The predicted molar refractivity (Wildman–Crippen MR) is 148 cm³/mol. The van der Waals surface area contributed by atoms with E-state index >= 15 is 0 Å². The summed E-state index contributed by atoms with van der Waals surface area (Å²) in [6, 6.07) is 17.2. The van der Waals surface area contributed by atoms with Crippen molar-refractivity contribution in [3.05, 3.63) is 102 Å². The van der Waals surface area contributed by atoms with Gasteiger partial charge in [0.2, 0.25) is 0 Å². The molecule has 4 amide bonds. The number of nitrogens with zero attached hydrogens (tertiary/aromatic N) is 5. The van der Waals surface area contributed by atoms with Gasteiger partial charge in [0.05, 0.1) is 34.6 Å². The third kappa shape index (κ3) is 5.16. The minimum absolute atomic E-state index is 0.0175. The van der Waals surface area contributed by atoms with Crippen molar-refractivity contribution in [3.8, 4) is 0 Å². The first-order valence-corrected chi connectivity index (χ1v) is 12.9. The van der Waals surface area contributed by atoms with E-state index in [0.717, 1.165) is 41.1 Å². The van der Waals surface area contributed by atoms with E-state index in [-0.39, 0.29) is 17.9 Å². The van der Waals surface area contributed by atoms with Gasteiger partial charge in [-0.15, -0.1) is 0 Å². The lowest BCUT2D eigenvalue weighted by Gasteiger charge is -2.27. The van der Waals surface area contributed by atoms with Gasteiger partial charge < -0.3 is 4.57 Å². The van der Waals surface area contributed by atoms with Crippen LogP contribution in [0.15, 0.2) is 85.3 Å². The zero-order chi connectivity index (χ0) is 28.4. The molecule has 0 unspecified atom stereocenters. The number of anilines is 4. The van der Waals surface area contributed by atoms with Gasteiger partial charge in [0.15, 0.2) is 0 Å². The number of imide groups is 1. The fourth-order valence-electron chi connectivity index (χ4n) is 4.92. The SMILES string of the molecule is CCN1C(=O)N(c2cccc(CCCc3cncn3C)c2)C(=O)N(c2ccccc2)c2cc(C(F)(F)F)ccc21. The molecule has 0 radical (unpaired) electrons. The van der Waals surface area contributed by atoms with Gasteiger partial charge in [-0.2, -0.15) is 13.2 Å². The van der Waals surface area contributed by atoms with E-state index in [1.807, 2.05) is 23.9 Å². The van der Waals surface area contributed by atoms with Gasteiger partial charge in [-0.05, 0) is 74.2 Å². The molecule has 10 heteroatoms. The van der Waals surface area contributed by atoms with Crippen LogP contribution < -0.4 is 14.7 Å². The molecule has 0 atom stereocenters. The zero-order valence-electron chi connectivity index (χ0n) is 22.1. The molecule has 0 spiro atoms. The number of para-hydroxylation sites is 1. The molecule has 1 aromatic heterocycles. The highest BCUT2D eigenvalue weighted by Crippen LogP contribution is 2.43. The van der Waals surface area contributed by atoms with Crippen LogP contribution in [0.1, 0.15) is 30.2 Å². The van der Waals surface area contributed by atoms with Gasteiger partial charge in [0.25, 0.3) is 0 Å². The van der Waals surface area contributed by atoms with Crippen molar-refractivity contribution in [2.45, 2.75) is 32.4 Å². The first-order valence-electron chi connectivity index (χ1n) is 12.9. The highest BCUT2D eigenvalue weighted by molar-refractivity contribution is 6.28. The van der Waals surface area contributed by atoms with Crippen LogP contribution in [0.2, 0.25) is 0 Å². The topological polar surface area (TPSA) is 61.7 Å². The maximum atomic E-state index is 14.2. The van der Waals surface area contributed by atoms with E-state index in [1.165, 1.54) is 15.9 Å². The quantitative estimate of drug-likeness (QED) is 0.243.